The average molecular weight is 242 g/mol. The van der Waals surface area contributed by atoms with Crippen molar-refractivity contribution in [2.75, 3.05) is 0 Å². The topological polar surface area (TPSA) is 29.5 Å². The van der Waals surface area contributed by atoms with Crippen molar-refractivity contribution in [3.05, 3.63) is 29.3 Å². The number of hydrogen-bond acceptors (Lipinski definition) is 2. The maximum Gasteiger partial charge on any atom is 0.573 e. The number of aliphatic hydroxyl groups excluding tert-OH is 1. The summed E-state index contributed by atoms with van der Waals surface area (Å²) in [6.45, 7) is -0.783. The van der Waals surface area contributed by atoms with Crippen molar-refractivity contribution in [2.24, 2.45) is 0 Å². The van der Waals surface area contributed by atoms with Crippen LogP contribution >= 0.6 is 0 Å². The van der Waals surface area contributed by atoms with Crippen molar-refractivity contribution in [3.63, 3.8) is 0 Å². The average Bonchev–Trinajstić information content (AvgIpc) is 2.14. The Labute approximate surface area is 87.3 Å². The minimum Gasteiger partial charge on any atom is -0.406 e. The van der Waals surface area contributed by atoms with Crippen LogP contribution in [0.15, 0.2) is 18.2 Å². The molecule has 0 amide bonds. The standard InChI is InChI=1S/C9H7F5O2/c10-8(11)7-2-1-6(3-5(7)4-15)16-9(12,13)14/h1-3,8,15H,4H2. The summed E-state index contributed by atoms with van der Waals surface area (Å²) in [6.07, 6.45) is -7.75. The van der Waals surface area contributed by atoms with E-state index in [2.05, 4.69) is 4.74 Å². The van der Waals surface area contributed by atoms with Crippen LogP contribution in [-0.4, -0.2) is 11.5 Å². The zero-order valence-electron chi connectivity index (χ0n) is 7.76. The van der Waals surface area contributed by atoms with Crippen LogP contribution in [0.5, 0.6) is 5.75 Å². The molecule has 7 heteroatoms. The molecule has 0 aliphatic rings. The van der Waals surface area contributed by atoms with Crippen molar-refractivity contribution in [2.45, 2.75) is 19.4 Å². The lowest BCUT2D eigenvalue weighted by atomic mass is 10.1. The lowest BCUT2D eigenvalue weighted by molar-refractivity contribution is -0.274. The van der Waals surface area contributed by atoms with E-state index in [1.165, 1.54) is 0 Å². The molecule has 0 spiro atoms. The smallest absolute Gasteiger partial charge is 0.406 e. The number of rotatable bonds is 3. The fourth-order valence-corrected chi connectivity index (χ4v) is 1.13. The monoisotopic (exact) mass is 242 g/mol. The Kier molecular flexibility index (Phi) is 3.69. The molecule has 0 fully saturated rings. The second-order valence-corrected chi connectivity index (χ2v) is 2.87. The molecule has 1 rings (SSSR count). The van der Waals surface area contributed by atoms with Gasteiger partial charge in [0.2, 0.25) is 0 Å². The molecule has 0 aromatic heterocycles. The highest BCUT2D eigenvalue weighted by Gasteiger charge is 2.31. The quantitative estimate of drug-likeness (QED) is 0.825. The van der Waals surface area contributed by atoms with E-state index in [1.54, 1.807) is 0 Å². The predicted octanol–water partition coefficient (Wildman–Crippen LogP) is 3.02. The van der Waals surface area contributed by atoms with E-state index >= 15 is 0 Å². The first-order chi connectivity index (χ1) is 7.33. The number of hydrogen-bond donors (Lipinski definition) is 1. The maximum atomic E-state index is 12.3. The molecule has 0 atom stereocenters. The fraction of sp³-hybridized carbons (Fsp3) is 0.333. The first-order valence-corrected chi connectivity index (χ1v) is 4.11. The Morgan fingerprint density at radius 3 is 2.31 bits per heavy atom. The molecule has 1 aromatic rings. The minimum atomic E-state index is -4.89. The Morgan fingerprint density at radius 2 is 1.88 bits per heavy atom. The number of benzene rings is 1. The third-order valence-corrected chi connectivity index (χ3v) is 1.75. The zero-order valence-corrected chi connectivity index (χ0v) is 7.76. The van der Waals surface area contributed by atoms with Gasteiger partial charge in [0.1, 0.15) is 5.75 Å². The SMILES string of the molecule is OCc1cc(OC(F)(F)F)ccc1C(F)F. The lowest BCUT2D eigenvalue weighted by Gasteiger charge is -2.12. The van der Waals surface area contributed by atoms with Gasteiger partial charge in [-0.1, -0.05) is 0 Å². The van der Waals surface area contributed by atoms with Gasteiger partial charge in [0.25, 0.3) is 6.43 Å². The zero-order chi connectivity index (χ0) is 12.3. The molecule has 0 aliphatic heterocycles. The van der Waals surface area contributed by atoms with Crippen molar-refractivity contribution in [3.8, 4) is 5.75 Å². The Bertz CT molecular complexity index is 361. The summed E-state index contributed by atoms with van der Waals surface area (Å²) < 4.78 is 63.6. The number of alkyl halides is 5. The highest BCUT2D eigenvalue weighted by molar-refractivity contribution is 5.36. The third kappa shape index (κ3) is 3.34. The summed E-state index contributed by atoms with van der Waals surface area (Å²) in [5, 5.41) is 8.72. The maximum absolute atomic E-state index is 12.3. The van der Waals surface area contributed by atoms with Crippen LogP contribution in [-0.2, 0) is 6.61 Å². The van der Waals surface area contributed by atoms with Crippen molar-refractivity contribution < 1.29 is 31.8 Å². The summed E-state index contributed by atoms with van der Waals surface area (Å²) in [5.74, 6) is -0.638. The van der Waals surface area contributed by atoms with Gasteiger partial charge in [0.05, 0.1) is 6.61 Å². The van der Waals surface area contributed by atoms with Gasteiger partial charge >= 0.3 is 6.36 Å². The summed E-state index contributed by atoms with van der Waals surface area (Å²) >= 11 is 0. The van der Waals surface area contributed by atoms with Crippen molar-refractivity contribution in [1.82, 2.24) is 0 Å². The molecule has 0 saturated heterocycles. The van der Waals surface area contributed by atoms with E-state index in [9.17, 15) is 22.0 Å². The lowest BCUT2D eigenvalue weighted by Crippen LogP contribution is -2.17. The van der Waals surface area contributed by atoms with Gasteiger partial charge in [-0.25, -0.2) is 8.78 Å². The van der Waals surface area contributed by atoms with Gasteiger partial charge in [0, 0.05) is 5.56 Å². The Balaban J connectivity index is 3.00. The Morgan fingerprint density at radius 1 is 1.25 bits per heavy atom. The fourth-order valence-electron chi connectivity index (χ4n) is 1.13. The van der Waals surface area contributed by atoms with Gasteiger partial charge in [-0.15, -0.1) is 13.2 Å². The molecule has 0 aliphatic carbocycles. The highest BCUT2D eigenvalue weighted by atomic mass is 19.4. The van der Waals surface area contributed by atoms with E-state index in [0.717, 1.165) is 18.2 Å². The minimum absolute atomic E-state index is 0.295. The molecule has 0 unspecified atom stereocenters. The molecule has 0 saturated carbocycles. The predicted molar refractivity (Wildman–Crippen MR) is 44.0 cm³/mol. The third-order valence-electron chi connectivity index (χ3n) is 1.75. The van der Waals surface area contributed by atoms with Crippen LogP contribution in [0, 0.1) is 0 Å². The van der Waals surface area contributed by atoms with E-state index in [0.29, 0.717) is 0 Å². The summed E-state index contributed by atoms with van der Waals surface area (Å²) in [6, 6.07) is 2.29. The van der Waals surface area contributed by atoms with Crippen LogP contribution < -0.4 is 4.74 Å². The first-order valence-electron chi connectivity index (χ1n) is 4.11. The van der Waals surface area contributed by atoms with E-state index in [1.807, 2.05) is 0 Å². The largest absolute Gasteiger partial charge is 0.573 e. The second-order valence-electron chi connectivity index (χ2n) is 2.87. The van der Waals surface area contributed by atoms with Gasteiger partial charge < -0.3 is 9.84 Å². The first kappa shape index (κ1) is 12.7. The van der Waals surface area contributed by atoms with Crippen LogP contribution in [0.3, 0.4) is 0 Å². The highest BCUT2D eigenvalue weighted by Crippen LogP contribution is 2.29. The molecule has 0 bridgehead atoms. The van der Waals surface area contributed by atoms with Gasteiger partial charge in [-0.05, 0) is 23.8 Å². The van der Waals surface area contributed by atoms with Gasteiger partial charge in [-0.3, -0.25) is 0 Å². The number of ether oxygens (including phenoxy) is 1. The molecule has 16 heavy (non-hydrogen) atoms. The molecule has 0 radical (unpaired) electrons. The van der Waals surface area contributed by atoms with E-state index in [4.69, 9.17) is 5.11 Å². The molecular weight excluding hydrogens is 235 g/mol. The normalized spacial score (nSPS) is 11.9. The molecular formula is C9H7F5O2. The number of aliphatic hydroxyl groups is 1. The van der Waals surface area contributed by atoms with Crippen LogP contribution in [0.4, 0.5) is 22.0 Å². The molecule has 2 nitrogen and oxygen atoms in total. The second kappa shape index (κ2) is 4.65. The van der Waals surface area contributed by atoms with E-state index in [-0.39, 0.29) is 5.56 Å². The van der Waals surface area contributed by atoms with Crippen molar-refractivity contribution >= 4 is 0 Å². The van der Waals surface area contributed by atoms with Crippen LogP contribution in [0.25, 0.3) is 0 Å². The van der Waals surface area contributed by atoms with Gasteiger partial charge in [-0.2, -0.15) is 0 Å². The van der Waals surface area contributed by atoms with Crippen molar-refractivity contribution in [1.29, 1.82) is 0 Å². The summed E-state index contributed by atoms with van der Waals surface area (Å²) in [7, 11) is 0. The molecule has 90 valence electrons. The molecule has 1 aromatic carbocycles. The molecule has 1 N–H and O–H groups in total. The Hall–Kier alpha value is -1.37. The van der Waals surface area contributed by atoms with E-state index < -0.39 is 30.7 Å². The molecule has 0 heterocycles. The van der Waals surface area contributed by atoms with Gasteiger partial charge in [0.15, 0.2) is 0 Å². The number of halogens is 5. The van der Waals surface area contributed by atoms with Crippen LogP contribution in [0.1, 0.15) is 17.6 Å². The van der Waals surface area contributed by atoms with Crippen LogP contribution in [0.2, 0.25) is 0 Å². The summed E-state index contributed by atoms with van der Waals surface area (Å²) in [4.78, 5) is 0. The summed E-state index contributed by atoms with van der Waals surface area (Å²) in [5.41, 5.74) is -0.811.